The average molecular weight is 451 g/mol. The number of fused-ring (bicyclic) bond motifs is 1. The van der Waals surface area contributed by atoms with Crippen LogP contribution < -0.4 is 0 Å². The molecule has 0 amide bonds. The maximum Gasteiger partial charge on any atom is 0.331 e. The van der Waals surface area contributed by atoms with Gasteiger partial charge in [0.15, 0.2) is 0 Å². The van der Waals surface area contributed by atoms with E-state index in [0.29, 0.717) is 36.5 Å². The van der Waals surface area contributed by atoms with Crippen LogP contribution in [-0.2, 0) is 19.1 Å². The van der Waals surface area contributed by atoms with Gasteiger partial charge in [-0.05, 0) is 61.5 Å². The molecule has 0 bridgehead atoms. The second kappa shape index (κ2) is 12.0. The predicted molar refractivity (Wildman–Crippen MR) is 132 cm³/mol. The van der Waals surface area contributed by atoms with Crippen LogP contribution in [0.4, 0.5) is 0 Å². The van der Waals surface area contributed by atoms with Crippen LogP contribution in [0.25, 0.3) is 6.08 Å². The van der Waals surface area contributed by atoms with E-state index in [1.165, 1.54) is 18.6 Å². The SMILES string of the molecule is CC(=O)OC1CC=CCC(OC(=O)C=Cc2ccccc2)CC2C(C)=CCC(C(C)C)C2C1. The van der Waals surface area contributed by atoms with Crippen LogP contribution >= 0.6 is 0 Å². The Morgan fingerprint density at radius 2 is 1.64 bits per heavy atom. The largest absolute Gasteiger partial charge is 0.462 e. The van der Waals surface area contributed by atoms with E-state index < -0.39 is 0 Å². The van der Waals surface area contributed by atoms with Crippen LogP contribution in [0, 0.1) is 23.7 Å². The first-order chi connectivity index (χ1) is 15.8. The van der Waals surface area contributed by atoms with Gasteiger partial charge in [0.25, 0.3) is 0 Å². The van der Waals surface area contributed by atoms with E-state index in [-0.39, 0.29) is 24.1 Å². The van der Waals surface area contributed by atoms with E-state index in [1.807, 2.05) is 30.3 Å². The molecule has 2 aliphatic rings. The molecule has 5 atom stereocenters. The van der Waals surface area contributed by atoms with Crippen LogP contribution in [0.2, 0.25) is 0 Å². The zero-order chi connectivity index (χ0) is 23.8. The van der Waals surface area contributed by atoms with Gasteiger partial charge in [0.2, 0.25) is 0 Å². The molecule has 0 aliphatic heterocycles. The number of rotatable bonds is 5. The molecule has 1 aromatic rings. The third-order valence-electron chi connectivity index (χ3n) is 7.06. The van der Waals surface area contributed by atoms with Gasteiger partial charge in [0.05, 0.1) is 0 Å². The fourth-order valence-corrected chi connectivity index (χ4v) is 5.38. The summed E-state index contributed by atoms with van der Waals surface area (Å²) >= 11 is 0. The van der Waals surface area contributed by atoms with Gasteiger partial charge in [0.1, 0.15) is 12.2 Å². The first-order valence-corrected chi connectivity index (χ1v) is 12.3. The average Bonchev–Trinajstić information content (AvgIpc) is 2.77. The minimum absolute atomic E-state index is 0.105. The maximum atomic E-state index is 12.6. The number of hydrogen-bond donors (Lipinski definition) is 0. The monoisotopic (exact) mass is 450 g/mol. The second-order valence-electron chi connectivity index (χ2n) is 9.81. The Labute approximate surface area is 198 Å². The summed E-state index contributed by atoms with van der Waals surface area (Å²) in [7, 11) is 0. The summed E-state index contributed by atoms with van der Waals surface area (Å²) in [5, 5.41) is 0. The Bertz CT molecular complexity index is 880. The Morgan fingerprint density at radius 1 is 0.970 bits per heavy atom. The minimum atomic E-state index is -0.304. The minimum Gasteiger partial charge on any atom is -0.462 e. The molecule has 178 valence electrons. The van der Waals surface area contributed by atoms with Gasteiger partial charge in [-0.25, -0.2) is 4.79 Å². The maximum absolute atomic E-state index is 12.6. The summed E-state index contributed by atoms with van der Waals surface area (Å²) in [5.74, 6) is 1.24. The number of carbonyl (C=O) groups is 2. The fraction of sp³-hybridized carbons (Fsp3) is 0.517. The lowest BCUT2D eigenvalue weighted by Gasteiger charge is -2.42. The number of esters is 2. The molecule has 0 fully saturated rings. The summed E-state index contributed by atoms with van der Waals surface area (Å²) in [6, 6.07) is 9.77. The first-order valence-electron chi connectivity index (χ1n) is 12.3. The zero-order valence-electron chi connectivity index (χ0n) is 20.4. The standard InChI is InChI=1S/C29H38O4/c1-20(2)26-16-14-21(3)27-18-25(33-29(31)17-15-23-10-6-5-7-11-23)13-9-8-12-24(19-28(26)27)32-22(4)30/h5-11,14-15,17,20,24-28H,12-13,16,18-19H2,1-4H3. The summed E-state index contributed by atoms with van der Waals surface area (Å²) in [6.07, 6.45) is 13.6. The van der Waals surface area contributed by atoms with Crippen molar-refractivity contribution in [2.24, 2.45) is 23.7 Å². The van der Waals surface area contributed by atoms with Crippen molar-refractivity contribution in [3.8, 4) is 0 Å². The lowest BCUT2D eigenvalue weighted by atomic mass is 9.64. The van der Waals surface area contributed by atoms with E-state index in [9.17, 15) is 9.59 Å². The summed E-state index contributed by atoms with van der Waals surface area (Å²) in [5.41, 5.74) is 2.34. The van der Waals surface area contributed by atoms with Crippen molar-refractivity contribution in [3.63, 3.8) is 0 Å². The van der Waals surface area contributed by atoms with E-state index >= 15 is 0 Å². The summed E-state index contributed by atoms with van der Waals surface area (Å²) in [4.78, 5) is 24.3. The molecule has 0 aromatic heterocycles. The highest BCUT2D eigenvalue weighted by Crippen LogP contribution is 2.44. The van der Waals surface area contributed by atoms with Crippen molar-refractivity contribution in [2.45, 2.75) is 72.0 Å². The predicted octanol–water partition coefficient (Wildman–Crippen LogP) is 6.53. The van der Waals surface area contributed by atoms with Crippen molar-refractivity contribution >= 4 is 18.0 Å². The smallest absolute Gasteiger partial charge is 0.331 e. The normalized spacial score (nSPS) is 28.2. The molecule has 4 heteroatoms. The fourth-order valence-electron chi connectivity index (χ4n) is 5.38. The second-order valence-corrected chi connectivity index (χ2v) is 9.81. The molecule has 0 spiro atoms. The molecule has 0 saturated heterocycles. The van der Waals surface area contributed by atoms with Gasteiger partial charge in [-0.15, -0.1) is 0 Å². The van der Waals surface area contributed by atoms with Crippen LogP contribution in [-0.4, -0.2) is 24.1 Å². The van der Waals surface area contributed by atoms with E-state index in [4.69, 9.17) is 9.47 Å². The Morgan fingerprint density at radius 3 is 2.27 bits per heavy atom. The van der Waals surface area contributed by atoms with E-state index in [0.717, 1.165) is 24.8 Å². The zero-order valence-corrected chi connectivity index (χ0v) is 20.4. The number of allylic oxidation sites excluding steroid dienone is 2. The van der Waals surface area contributed by atoms with Gasteiger partial charge >= 0.3 is 11.9 Å². The Hall–Kier alpha value is -2.62. The van der Waals surface area contributed by atoms with Crippen LogP contribution in [0.3, 0.4) is 0 Å². The quantitative estimate of drug-likeness (QED) is 0.291. The third-order valence-corrected chi connectivity index (χ3v) is 7.06. The highest BCUT2D eigenvalue weighted by atomic mass is 16.5. The van der Waals surface area contributed by atoms with Crippen molar-refractivity contribution in [2.75, 3.05) is 0 Å². The molecular weight excluding hydrogens is 412 g/mol. The van der Waals surface area contributed by atoms with Gasteiger partial charge in [0, 0.05) is 25.8 Å². The summed E-state index contributed by atoms with van der Waals surface area (Å²) in [6.45, 7) is 8.25. The number of ether oxygens (including phenoxy) is 2. The molecule has 3 rings (SSSR count). The Kier molecular flexibility index (Phi) is 9.11. The molecule has 5 unspecified atom stereocenters. The van der Waals surface area contributed by atoms with Crippen molar-refractivity contribution in [1.29, 1.82) is 0 Å². The van der Waals surface area contributed by atoms with Gasteiger partial charge in [-0.2, -0.15) is 0 Å². The third kappa shape index (κ3) is 7.45. The molecule has 4 nitrogen and oxygen atoms in total. The Balaban J connectivity index is 1.80. The van der Waals surface area contributed by atoms with Gasteiger partial charge in [-0.3, -0.25) is 4.79 Å². The van der Waals surface area contributed by atoms with Crippen molar-refractivity contribution in [1.82, 2.24) is 0 Å². The lowest BCUT2D eigenvalue weighted by molar-refractivity contribution is -0.148. The first kappa shape index (κ1) is 25.0. The number of hydrogen-bond acceptors (Lipinski definition) is 4. The molecule has 1 aromatic carbocycles. The van der Waals surface area contributed by atoms with E-state index in [2.05, 4.69) is 39.0 Å². The number of carbonyl (C=O) groups excluding carboxylic acids is 2. The van der Waals surface area contributed by atoms with Crippen molar-refractivity contribution in [3.05, 3.63) is 65.8 Å². The topological polar surface area (TPSA) is 52.6 Å². The van der Waals surface area contributed by atoms with Crippen LogP contribution in [0.5, 0.6) is 0 Å². The molecule has 33 heavy (non-hydrogen) atoms. The van der Waals surface area contributed by atoms with E-state index in [1.54, 1.807) is 6.08 Å². The molecule has 0 radical (unpaired) electrons. The molecule has 0 N–H and O–H groups in total. The molecule has 0 heterocycles. The summed E-state index contributed by atoms with van der Waals surface area (Å²) < 4.78 is 11.6. The highest BCUT2D eigenvalue weighted by Gasteiger charge is 2.38. The van der Waals surface area contributed by atoms with Crippen molar-refractivity contribution < 1.29 is 19.1 Å². The van der Waals surface area contributed by atoms with Gasteiger partial charge < -0.3 is 9.47 Å². The molecular formula is C29H38O4. The van der Waals surface area contributed by atoms with Crippen LogP contribution in [0.1, 0.15) is 65.4 Å². The molecule has 2 aliphatic carbocycles. The number of benzene rings is 1. The highest BCUT2D eigenvalue weighted by molar-refractivity contribution is 5.87. The van der Waals surface area contributed by atoms with Crippen LogP contribution in [0.15, 0.2) is 60.2 Å². The lowest BCUT2D eigenvalue weighted by Crippen LogP contribution is -2.37. The molecule has 0 saturated carbocycles. The van der Waals surface area contributed by atoms with Gasteiger partial charge in [-0.1, -0.05) is 68.0 Å².